The molecule has 1 aliphatic carbocycles. The highest BCUT2D eigenvalue weighted by Gasteiger charge is 2.26. The number of nitrogens with two attached hydrogens (primary N) is 1. The fourth-order valence-electron chi connectivity index (χ4n) is 2.21. The molecule has 1 heterocycles. The topological polar surface area (TPSA) is 60.2 Å². The lowest BCUT2D eigenvalue weighted by atomic mass is 10.2. The summed E-state index contributed by atoms with van der Waals surface area (Å²) in [5, 5.41) is 3.44. The summed E-state index contributed by atoms with van der Waals surface area (Å²) in [6.07, 6.45) is 5.52. The number of nitrogens with one attached hydrogen (secondary N) is 1. The Bertz CT molecular complexity index is 393. The van der Waals surface area contributed by atoms with Gasteiger partial charge in [0.15, 0.2) is 0 Å². The first-order valence-corrected chi connectivity index (χ1v) is 6.16. The molecule has 2 atom stereocenters. The fourth-order valence-corrected chi connectivity index (χ4v) is 2.33. The van der Waals surface area contributed by atoms with E-state index in [-0.39, 0.29) is 0 Å². The van der Waals surface area contributed by atoms with Gasteiger partial charge in [-0.05, 0) is 31.4 Å². The average molecular weight is 251 g/mol. The number of nitrogens with zero attached hydrogens (tertiary/aromatic N) is 1. The molecule has 1 aliphatic rings. The smallest absolute Gasteiger partial charge is 0.122 e. The van der Waals surface area contributed by atoms with Gasteiger partial charge in [-0.3, -0.25) is 4.98 Å². The van der Waals surface area contributed by atoms with E-state index < -0.39 is 0 Å². The van der Waals surface area contributed by atoms with Crippen molar-refractivity contribution in [1.82, 2.24) is 4.98 Å². The van der Waals surface area contributed by atoms with E-state index in [0.29, 0.717) is 22.8 Å². The SMILES string of the molecule is COC1CCCC1Nc1ccc(C(N)=S)nc1. The average Bonchev–Trinajstić information content (AvgIpc) is 2.77. The summed E-state index contributed by atoms with van der Waals surface area (Å²) in [5.74, 6) is 0. The number of methoxy groups -OCH3 is 1. The number of pyridine rings is 1. The van der Waals surface area contributed by atoms with Crippen LogP contribution in [-0.2, 0) is 4.74 Å². The molecule has 0 amide bonds. The number of anilines is 1. The summed E-state index contributed by atoms with van der Waals surface area (Å²) < 4.78 is 5.43. The monoisotopic (exact) mass is 251 g/mol. The number of hydrogen-bond donors (Lipinski definition) is 2. The molecule has 0 spiro atoms. The third kappa shape index (κ3) is 2.92. The highest BCUT2D eigenvalue weighted by atomic mass is 32.1. The largest absolute Gasteiger partial charge is 0.388 e. The first-order valence-electron chi connectivity index (χ1n) is 5.76. The van der Waals surface area contributed by atoms with Crippen LogP contribution < -0.4 is 11.1 Å². The second-order valence-electron chi connectivity index (χ2n) is 4.25. The Balaban J connectivity index is 2.01. The van der Waals surface area contributed by atoms with E-state index in [4.69, 9.17) is 22.7 Å². The van der Waals surface area contributed by atoms with E-state index in [1.165, 1.54) is 6.42 Å². The number of hydrogen-bond acceptors (Lipinski definition) is 4. The van der Waals surface area contributed by atoms with Gasteiger partial charge >= 0.3 is 0 Å². The van der Waals surface area contributed by atoms with Crippen LogP contribution in [0.5, 0.6) is 0 Å². The van der Waals surface area contributed by atoms with E-state index in [1.54, 1.807) is 13.3 Å². The molecule has 2 rings (SSSR count). The second kappa shape index (κ2) is 5.42. The molecule has 2 unspecified atom stereocenters. The summed E-state index contributed by atoms with van der Waals surface area (Å²) in [6, 6.07) is 4.16. The van der Waals surface area contributed by atoms with Crippen LogP contribution in [0.1, 0.15) is 25.0 Å². The zero-order valence-corrected chi connectivity index (χ0v) is 10.7. The van der Waals surface area contributed by atoms with Crippen molar-refractivity contribution in [3.63, 3.8) is 0 Å². The lowest BCUT2D eigenvalue weighted by Crippen LogP contribution is -2.29. The van der Waals surface area contributed by atoms with Crippen LogP contribution in [0.15, 0.2) is 18.3 Å². The molecule has 0 aliphatic heterocycles. The van der Waals surface area contributed by atoms with Crippen molar-refractivity contribution in [3.8, 4) is 0 Å². The molecule has 1 saturated carbocycles. The number of aromatic nitrogens is 1. The third-order valence-electron chi connectivity index (χ3n) is 3.12. The first-order chi connectivity index (χ1) is 8.20. The molecule has 3 N–H and O–H groups in total. The molecule has 1 aromatic rings. The van der Waals surface area contributed by atoms with Crippen molar-refractivity contribution < 1.29 is 4.74 Å². The lowest BCUT2D eigenvalue weighted by molar-refractivity contribution is 0.101. The summed E-state index contributed by atoms with van der Waals surface area (Å²) in [4.78, 5) is 4.53. The fraction of sp³-hybridized carbons (Fsp3) is 0.500. The molecule has 1 aromatic heterocycles. The molecule has 0 aromatic carbocycles. The van der Waals surface area contributed by atoms with Gasteiger partial charge in [0.05, 0.1) is 29.7 Å². The minimum absolute atomic E-state index is 0.297. The maximum atomic E-state index is 5.50. The summed E-state index contributed by atoms with van der Waals surface area (Å²) in [5.41, 5.74) is 7.14. The van der Waals surface area contributed by atoms with Gasteiger partial charge in [-0.2, -0.15) is 0 Å². The Hall–Kier alpha value is -1.20. The van der Waals surface area contributed by atoms with E-state index in [0.717, 1.165) is 18.5 Å². The van der Waals surface area contributed by atoms with E-state index >= 15 is 0 Å². The molecule has 0 radical (unpaired) electrons. The van der Waals surface area contributed by atoms with E-state index in [9.17, 15) is 0 Å². The maximum absolute atomic E-state index is 5.50. The molecule has 4 nitrogen and oxygen atoms in total. The molecule has 0 saturated heterocycles. The van der Waals surface area contributed by atoms with Crippen LogP contribution in [-0.4, -0.2) is 29.2 Å². The van der Waals surface area contributed by atoms with Crippen molar-refractivity contribution in [3.05, 3.63) is 24.0 Å². The Morgan fingerprint density at radius 1 is 1.53 bits per heavy atom. The van der Waals surface area contributed by atoms with Gasteiger partial charge in [0.2, 0.25) is 0 Å². The minimum atomic E-state index is 0.297. The van der Waals surface area contributed by atoms with Gasteiger partial charge in [-0.25, -0.2) is 0 Å². The van der Waals surface area contributed by atoms with E-state index in [1.807, 2.05) is 12.1 Å². The zero-order valence-electron chi connectivity index (χ0n) is 9.85. The molecule has 5 heteroatoms. The van der Waals surface area contributed by atoms with Gasteiger partial charge in [0.25, 0.3) is 0 Å². The van der Waals surface area contributed by atoms with Crippen molar-refractivity contribution in [2.24, 2.45) is 5.73 Å². The number of rotatable bonds is 4. The third-order valence-corrected chi connectivity index (χ3v) is 3.33. The first kappa shape index (κ1) is 12.3. The number of thiocarbonyl (C=S) groups is 1. The standard InChI is InChI=1S/C12H17N3OS/c1-16-11-4-2-3-9(11)15-8-5-6-10(12(13)17)14-7-8/h5-7,9,11,15H,2-4H2,1H3,(H2,13,17). The predicted octanol–water partition coefficient (Wildman–Crippen LogP) is 1.70. The van der Waals surface area contributed by atoms with Crippen LogP contribution in [0.4, 0.5) is 5.69 Å². The lowest BCUT2D eigenvalue weighted by Gasteiger charge is -2.20. The van der Waals surface area contributed by atoms with Crippen LogP contribution in [0.3, 0.4) is 0 Å². The molecular weight excluding hydrogens is 234 g/mol. The summed E-state index contributed by atoms with van der Waals surface area (Å²) >= 11 is 4.86. The van der Waals surface area contributed by atoms with Crippen LogP contribution >= 0.6 is 12.2 Å². The Labute approximate surface area is 107 Å². The highest BCUT2D eigenvalue weighted by molar-refractivity contribution is 7.80. The van der Waals surface area contributed by atoms with Crippen LogP contribution in [0, 0.1) is 0 Å². The molecule has 1 fully saturated rings. The normalized spacial score (nSPS) is 23.6. The maximum Gasteiger partial charge on any atom is 0.122 e. The Morgan fingerprint density at radius 3 is 2.94 bits per heavy atom. The van der Waals surface area contributed by atoms with Crippen molar-refractivity contribution in [1.29, 1.82) is 0 Å². The quantitative estimate of drug-likeness (QED) is 0.798. The Kier molecular flexibility index (Phi) is 3.91. The van der Waals surface area contributed by atoms with Gasteiger partial charge in [0.1, 0.15) is 4.99 Å². The molecule has 17 heavy (non-hydrogen) atoms. The van der Waals surface area contributed by atoms with Crippen molar-refractivity contribution in [2.75, 3.05) is 12.4 Å². The zero-order chi connectivity index (χ0) is 12.3. The predicted molar refractivity (Wildman–Crippen MR) is 72.2 cm³/mol. The molecular formula is C12H17N3OS. The second-order valence-corrected chi connectivity index (χ2v) is 4.69. The van der Waals surface area contributed by atoms with Gasteiger partial charge in [0, 0.05) is 7.11 Å². The molecule has 0 bridgehead atoms. The molecule has 92 valence electrons. The Morgan fingerprint density at radius 2 is 2.35 bits per heavy atom. The number of ether oxygens (including phenoxy) is 1. The van der Waals surface area contributed by atoms with Gasteiger partial charge in [-0.15, -0.1) is 0 Å². The van der Waals surface area contributed by atoms with Gasteiger partial charge in [-0.1, -0.05) is 12.2 Å². The van der Waals surface area contributed by atoms with E-state index in [2.05, 4.69) is 10.3 Å². The van der Waals surface area contributed by atoms with Gasteiger partial charge < -0.3 is 15.8 Å². The minimum Gasteiger partial charge on any atom is -0.388 e. The summed E-state index contributed by atoms with van der Waals surface area (Å²) in [7, 11) is 1.76. The highest BCUT2D eigenvalue weighted by Crippen LogP contribution is 2.24. The van der Waals surface area contributed by atoms with Crippen molar-refractivity contribution in [2.45, 2.75) is 31.4 Å². The van der Waals surface area contributed by atoms with Crippen LogP contribution in [0.25, 0.3) is 0 Å². The summed E-state index contributed by atoms with van der Waals surface area (Å²) in [6.45, 7) is 0. The van der Waals surface area contributed by atoms with Crippen LogP contribution in [0.2, 0.25) is 0 Å². The van der Waals surface area contributed by atoms with Crippen molar-refractivity contribution >= 4 is 22.9 Å².